The van der Waals surface area contributed by atoms with Crippen LogP contribution in [-0.2, 0) is 0 Å². The zero-order valence-electron chi connectivity index (χ0n) is 9.83. The Balaban J connectivity index is 2.46. The number of aliphatic hydroxyl groups excluding tert-OH is 1. The van der Waals surface area contributed by atoms with Crippen molar-refractivity contribution in [3.05, 3.63) is 47.3 Å². The van der Waals surface area contributed by atoms with Crippen LogP contribution in [0.4, 0.5) is 4.39 Å². The summed E-state index contributed by atoms with van der Waals surface area (Å²) in [5.41, 5.74) is 0.220. The van der Waals surface area contributed by atoms with Crippen LogP contribution in [0.1, 0.15) is 43.8 Å². The molecule has 1 nitrogen and oxygen atoms in total. The van der Waals surface area contributed by atoms with Gasteiger partial charge in [0.1, 0.15) is 5.82 Å². The van der Waals surface area contributed by atoms with E-state index in [-0.39, 0.29) is 5.56 Å². The number of benzene rings is 1. The van der Waals surface area contributed by atoms with E-state index in [1.807, 2.05) is 6.08 Å². The van der Waals surface area contributed by atoms with Gasteiger partial charge in [-0.2, -0.15) is 0 Å². The Kier molecular flexibility index (Phi) is 6.23. The molecular weight excluding hydrogens is 239 g/mol. The molecule has 0 aliphatic heterocycles. The molecule has 1 aromatic rings. The van der Waals surface area contributed by atoms with E-state index in [0.29, 0.717) is 11.4 Å². The zero-order valence-corrected chi connectivity index (χ0v) is 10.6. The summed E-state index contributed by atoms with van der Waals surface area (Å²) in [7, 11) is 0. The fraction of sp³-hybridized carbons (Fsp3) is 0.429. The molecule has 1 atom stereocenters. The van der Waals surface area contributed by atoms with E-state index in [1.165, 1.54) is 12.1 Å². The molecule has 17 heavy (non-hydrogen) atoms. The van der Waals surface area contributed by atoms with Crippen molar-refractivity contribution in [3.63, 3.8) is 0 Å². The third-order valence-electron chi connectivity index (χ3n) is 2.72. The van der Waals surface area contributed by atoms with Crippen LogP contribution in [0.15, 0.2) is 30.9 Å². The van der Waals surface area contributed by atoms with E-state index in [9.17, 15) is 9.50 Å². The lowest BCUT2D eigenvalue weighted by Gasteiger charge is -2.13. The minimum absolute atomic E-state index is 0.220. The number of allylic oxidation sites excluding steroid dienone is 1. The molecule has 0 aliphatic carbocycles. The van der Waals surface area contributed by atoms with Gasteiger partial charge in [0.25, 0.3) is 0 Å². The van der Waals surface area contributed by atoms with E-state index in [4.69, 9.17) is 11.6 Å². The molecule has 1 N–H and O–H groups in total. The highest BCUT2D eigenvalue weighted by Gasteiger charge is 2.15. The molecule has 0 bridgehead atoms. The summed E-state index contributed by atoms with van der Waals surface area (Å²) >= 11 is 5.87. The van der Waals surface area contributed by atoms with Gasteiger partial charge in [-0.15, -0.1) is 6.58 Å². The van der Waals surface area contributed by atoms with E-state index in [1.54, 1.807) is 6.07 Å². The molecule has 0 aliphatic rings. The maximum atomic E-state index is 13.5. The summed E-state index contributed by atoms with van der Waals surface area (Å²) in [6.45, 7) is 3.65. The van der Waals surface area contributed by atoms with Gasteiger partial charge in [0.2, 0.25) is 0 Å². The van der Waals surface area contributed by atoms with Crippen LogP contribution in [-0.4, -0.2) is 5.11 Å². The quantitative estimate of drug-likeness (QED) is 0.556. The fourth-order valence-corrected chi connectivity index (χ4v) is 2.07. The standard InChI is InChI=1S/C14H18ClFO/c1-2-3-4-5-6-10-13(17)14-11(15)8-7-9-12(14)16/h2,7-9,13,17H,1,3-6,10H2. The van der Waals surface area contributed by atoms with E-state index < -0.39 is 11.9 Å². The van der Waals surface area contributed by atoms with Crippen LogP contribution in [0.3, 0.4) is 0 Å². The van der Waals surface area contributed by atoms with Crippen LogP contribution >= 0.6 is 11.6 Å². The average molecular weight is 257 g/mol. The van der Waals surface area contributed by atoms with Crippen molar-refractivity contribution in [1.82, 2.24) is 0 Å². The van der Waals surface area contributed by atoms with Gasteiger partial charge in [0.05, 0.1) is 6.10 Å². The van der Waals surface area contributed by atoms with Crippen LogP contribution in [0.2, 0.25) is 5.02 Å². The van der Waals surface area contributed by atoms with Gasteiger partial charge in [0, 0.05) is 10.6 Å². The van der Waals surface area contributed by atoms with Gasteiger partial charge in [-0.25, -0.2) is 4.39 Å². The molecule has 0 saturated heterocycles. The summed E-state index contributed by atoms with van der Waals surface area (Å²) in [5, 5.41) is 10.2. The molecule has 0 spiro atoms. The van der Waals surface area contributed by atoms with Crippen molar-refractivity contribution in [1.29, 1.82) is 0 Å². The molecule has 0 amide bonds. The number of hydrogen-bond acceptors (Lipinski definition) is 1. The molecule has 1 unspecified atom stereocenters. The highest BCUT2D eigenvalue weighted by molar-refractivity contribution is 6.31. The molecule has 0 aromatic heterocycles. The smallest absolute Gasteiger partial charge is 0.130 e. The van der Waals surface area contributed by atoms with Gasteiger partial charge in [-0.3, -0.25) is 0 Å². The minimum Gasteiger partial charge on any atom is -0.388 e. The number of unbranched alkanes of at least 4 members (excludes halogenated alkanes) is 3. The minimum atomic E-state index is -0.813. The van der Waals surface area contributed by atoms with Crippen molar-refractivity contribution < 1.29 is 9.50 Å². The first-order chi connectivity index (χ1) is 8.16. The summed E-state index contributed by atoms with van der Waals surface area (Å²) < 4.78 is 13.5. The Morgan fingerprint density at radius 2 is 2.12 bits per heavy atom. The molecule has 1 aromatic carbocycles. The molecule has 0 fully saturated rings. The third-order valence-corrected chi connectivity index (χ3v) is 3.05. The molecule has 0 saturated carbocycles. The van der Waals surface area contributed by atoms with Crippen molar-refractivity contribution in [2.45, 2.75) is 38.2 Å². The monoisotopic (exact) mass is 256 g/mol. The Morgan fingerprint density at radius 3 is 2.76 bits per heavy atom. The SMILES string of the molecule is C=CCCCCCC(O)c1c(F)cccc1Cl. The number of halogens is 2. The first-order valence-electron chi connectivity index (χ1n) is 5.89. The van der Waals surface area contributed by atoms with Gasteiger partial charge < -0.3 is 5.11 Å². The van der Waals surface area contributed by atoms with E-state index in [2.05, 4.69) is 6.58 Å². The second-order valence-electron chi connectivity index (χ2n) is 4.08. The summed E-state index contributed by atoms with van der Waals surface area (Å²) in [6.07, 6.45) is 5.52. The second kappa shape index (κ2) is 7.46. The average Bonchev–Trinajstić information content (AvgIpc) is 2.28. The number of rotatable bonds is 7. The van der Waals surface area contributed by atoms with E-state index >= 15 is 0 Å². The Labute approximate surface area is 107 Å². The molecule has 3 heteroatoms. The third kappa shape index (κ3) is 4.49. The van der Waals surface area contributed by atoms with Crippen LogP contribution in [0.25, 0.3) is 0 Å². The van der Waals surface area contributed by atoms with Gasteiger partial charge in [-0.05, 0) is 31.4 Å². The summed E-state index contributed by atoms with van der Waals surface area (Å²) in [4.78, 5) is 0. The van der Waals surface area contributed by atoms with Crippen LogP contribution in [0, 0.1) is 5.82 Å². The molecule has 0 heterocycles. The predicted molar refractivity (Wildman–Crippen MR) is 69.7 cm³/mol. The highest BCUT2D eigenvalue weighted by atomic mass is 35.5. The molecule has 94 valence electrons. The predicted octanol–water partition coefficient (Wildman–Crippen LogP) is 4.65. The maximum Gasteiger partial charge on any atom is 0.130 e. The zero-order chi connectivity index (χ0) is 12.7. The Bertz CT molecular complexity index is 345. The van der Waals surface area contributed by atoms with Crippen LogP contribution < -0.4 is 0 Å². The molecule has 1 rings (SSSR count). The second-order valence-corrected chi connectivity index (χ2v) is 4.49. The normalized spacial score (nSPS) is 12.4. The number of aliphatic hydroxyl groups is 1. The topological polar surface area (TPSA) is 20.2 Å². The van der Waals surface area contributed by atoms with E-state index in [0.717, 1.165) is 25.7 Å². The Morgan fingerprint density at radius 1 is 1.35 bits per heavy atom. The van der Waals surface area contributed by atoms with Crippen molar-refractivity contribution in [2.75, 3.05) is 0 Å². The largest absolute Gasteiger partial charge is 0.388 e. The fourth-order valence-electron chi connectivity index (χ4n) is 1.78. The van der Waals surface area contributed by atoms with Crippen molar-refractivity contribution >= 4 is 11.6 Å². The maximum absolute atomic E-state index is 13.5. The number of hydrogen-bond donors (Lipinski definition) is 1. The van der Waals surface area contributed by atoms with Crippen molar-refractivity contribution in [3.8, 4) is 0 Å². The first kappa shape index (κ1) is 14.2. The Hall–Kier alpha value is -0.860. The van der Waals surface area contributed by atoms with Crippen LogP contribution in [0.5, 0.6) is 0 Å². The van der Waals surface area contributed by atoms with Gasteiger partial charge in [-0.1, -0.05) is 36.6 Å². The first-order valence-corrected chi connectivity index (χ1v) is 6.27. The highest BCUT2D eigenvalue weighted by Crippen LogP contribution is 2.29. The van der Waals surface area contributed by atoms with Gasteiger partial charge in [0.15, 0.2) is 0 Å². The summed E-state index contributed by atoms with van der Waals surface area (Å²) in [5.74, 6) is -0.434. The lowest BCUT2D eigenvalue weighted by atomic mass is 10.0. The lowest BCUT2D eigenvalue weighted by molar-refractivity contribution is 0.159. The molecule has 0 radical (unpaired) electrons. The summed E-state index contributed by atoms with van der Waals surface area (Å²) in [6, 6.07) is 4.46. The molecular formula is C14H18ClFO. The van der Waals surface area contributed by atoms with Gasteiger partial charge >= 0.3 is 0 Å². The lowest BCUT2D eigenvalue weighted by Crippen LogP contribution is -2.01. The van der Waals surface area contributed by atoms with Crippen molar-refractivity contribution in [2.24, 2.45) is 0 Å².